The predicted molar refractivity (Wildman–Crippen MR) is 49.3 cm³/mol. The van der Waals surface area contributed by atoms with Gasteiger partial charge in [0.05, 0.1) is 0 Å². The molecule has 82 valence electrons. The summed E-state index contributed by atoms with van der Waals surface area (Å²) in [6, 6.07) is 0. The van der Waals surface area contributed by atoms with Gasteiger partial charge in [0.1, 0.15) is 0 Å². The molecule has 0 saturated heterocycles. The molecule has 4 N–H and O–H groups in total. The van der Waals surface area contributed by atoms with Gasteiger partial charge in [-0.05, 0) is 12.8 Å². The van der Waals surface area contributed by atoms with Crippen LogP contribution in [0.4, 0.5) is 0 Å². The minimum absolute atomic E-state index is 0.243. The molecule has 2 atom stereocenters. The van der Waals surface area contributed by atoms with Crippen LogP contribution in [0.1, 0.15) is 12.8 Å². The molecular weight excluding hydrogens is 260 g/mol. The fourth-order valence-corrected chi connectivity index (χ4v) is 1.18. The van der Waals surface area contributed by atoms with Crippen molar-refractivity contribution < 1.29 is 30.0 Å². The van der Waals surface area contributed by atoms with Gasteiger partial charge in [0.25, 0.3) is 0 Å². The minimum Gasteiger partial charge on any atom is -0.479 e. The van der Waals surface area contributed by atoms with Gasteiger partial charge in [0.15, 0.2) is 11.7 Å². The quantitative estimate of drug-likeness (QED) is 0.480. The second-order valence-electron chi connectivity index (χ2n) is 2.76. The van der Waals surface area contributed by atoms with Crippen molar-refractivity contribution in [3.8, 4) is 0 Å². The molecule has 2 unspecified atom stereocenters. The molecule has 0 aromatic rings. The maximum atomic E-state index is 10.6. The van der Waals surface area contributed by atoms with E-state index in [-0.39, 0.29) is 12.8 Å². The average Bonchev–Trinajstić information content (AvgIpc) is 2.12. The summed E-state index contributed by atoms with van der Waals surface area (Å²) >= 11 is 3.00. The Labute approximate surface area is 88.3 Å². The smallest absolute Gasteiger partial charge is 0.339 e. The van der Waals surface area contributed by atoms with Crippen LogP contribution in [0.5, 0.6) is 0 Å². The first-order valence-corrected chi connectivity index (χ1v) is 4.91. The number of hydrogen-bond donors (Lipinski definition) is 4. The van der Waals surface area contributed by atoms with Gasteiger partial charge in [0, 0.05) is 5.33 Å². The monoisotopic (exact) mass is 270 g/mol. The fourth-order valence-electron chi connectivity index (χ4n) is 0.901. The van der Waals surface area contributed by atoms with E-state index in [4.69, 9.17) is 15.3 Å². The molecule has 0 saturated carbocycles. The van der Waals surface area contributed by atoms with Gasteiger partial charge in [-0.1, -0.05) is 15.9 Å². The van der Waals surface area contributed by atoms with E-state index in [1.165, 1.54) is 0 Å². The van der Waals surface area contributed by atoms with Gasteiger partial charge >= 0.3 is 11.9 Å². The second kappa shape index (κ2) is 5.28. The predicted octanol–water partition coefficient (Wildman–Crippen LogP) is -0.577. The number of aliphatic hydroxyl groups excluding tert-OH is 1. The summed E-state index contributed by atoms with van der Waals surface area (Å²) in [6.45, 7) is 0. The lowest BCUT2D eigenvalue weighted by molar-refractivity contribution is -0.184. The number of halogens is 1. The Balaban J connectivity index is 4.70. The maximum absolute atomic E-state index is 10.6. The van der Waals surface area contributed by atoms with E-state index in [2.05, 4.69) is 15.9 Å². The maximum Gasteiger partial charge on any atom is 0.339 e. The number of carboxylic acids is 2. The Hall–Kier alpha value is -0.660. The van der Waals surface area contributed by atoms with Crippen molar-refractivity contribution in [2.45, 2.75) is 24.5 Å². The van der Waals surface area contributed by atoms with Crippen LogP contribution >= 0.6 is 15.9 Å². The standard InChI is InChI=1S/C7H11BrO6/c8-3-1-2-7(14,6(12)13)4(9)5(10)11/h4,9,14H,1-3H2,(H,10,11)(H,12,13). The lowest BCUT2D eigenvalue weighted by Gasteiger charge is -2.25. The Morgan fingerprint density at radius 1 is 1.36 bits per heavy atom. The summed E-state index contributed by atoms with van der Waals surface area (Å²) in [5.74, 6) is -3.50. The molecule has 0 bridgehead atoms. The summed E-state index contributed by atoms with van der Waals surface area (Å²) in [5, 5.41) is 35.8. The van der Waals surface area contributed by atoms with Crippen LogP contribution in [0.15, 0.2) is 0 Å². The van der Waals surface area contributed by atoms with E-state index in [0.717, 1.165) is 0 Å². The summed E-state index contributed by atoms with van der Waals surface area (Å²) in [7, 11) is 0. The molecule has 6 nitrogen and oxygen atoms in total. The molecule has 0 aromatic heterocycles. The molecular formula is C7H11BrO6. The third kappa shape index (κ3) is 2.93. The van der Waals surface area contributed by atoms with E-state index in [1.807, 2.05) is 0 Å². The zero-order valence-electron chi connectivity index (χ0n) is 7.18. The van der Waals surface area contributed by atoms with Crippen LogP contribution in [0.3, 0.4) is 0 Å². The number of hydrogen-bond acceptors (Lipinski definition) is 4. The molecule has 0 radical (unpaired) electrons. The number of carbonyl (C=O) groups is 2. The zero-order valence-corrected chi connectivity index (χ0v) is 8.77. The third-order valence-corrected chi connectivity index (χ3v) is 2.31. The average molecular weight is 271 g/mol. The van der Waals surface area contributed by atoms with Crippen LogP contribution < -0.4 is 0 Å². The Kier molecular flexibility index (Phi) is 5.03. The van der Waals surface area contributed by atoms with Crippen LogP contribution in [0.2, 0.25) is 0 Å². The highest BCUT2D eigenvalue weighted by atomic mass is 79.9. The largest absolute Gasteiger partial charge is 0.479 e. The first kappa shape index (κ1) is 13.3. The van der Waals surface area contributed by atoms with Crippen molar-refractivity contribution in [3.63, 3.8) is 0 Å². The molecule has 14 heavy (non-hydrogen) atoms. The number of aliphatic hydroxyl groups is 2. The normalized spacial score (nSPS) is 17.1. The Morgan fingerprint density at radius 2 is 1.86 bits per heavy atom. The van der Waals surface area contributed by atoms with Crippen LogP contribution in [0.25, 0.3) is 0 Å². The highest BCUT2D eigenvalue weighted by Crippen LogP contribution is 2.19. The van der Waals surface area contributed by atoms with Crippen LogP contribution in [-0.2, 0) is 9.59 Å². The molecule has 0 spiro atoms. The van der Waals surface area contributed by atoms with Crippen molar-refractivity contribution >= 4 is 27.9 Å². The topological polar surface area (TPSA) is 115 Å². The number of alkyl halides is 1. The molecule has 7 heteroatoms. The second-order valence-corrected chi connectivity index (χ2v) is 3.56. The Morgan fingerprint density at radius 3 is 2.14 bits per heavy atom. The SMILES string of the molecule is O=C(O)C(O)C(O)(CCCBr)C(=O)O. The summed E-state index contributed by atoms with van der Waals surface area (Å²) < 4.78 is 0. The number of aliphatic carboxylic acids is 2. The van der Waals surface area contributed by atoms with Crippen LogP contribution in [0, 0.1) is 0 Å². The van der Waals surface area contributed by atoms with Crippen molar-refractivity contribution in [2.24, 2.45) is 0 Å². The van der Waals surface area contributed by atoms with Gasteiger partial charge in [-0.25, -0.2) is 9.59 Å². The van der Waals surface area contributed by atoms with Gasteiger partial charge < -0.3 is 20.4 Å². The first-order chi connectivity index (χ1) is 6.36. The van der Waals surface area contributed by atoms with Gasteiger partial charge in [-0.3, -0.25) is 0 Å². The third-order valence-electron chi connectivity index (χ3n) is 1.75. The van der Waals surface area contributed by atoms with Crippen molar-refractivity contribution in [1.82, 2.24) is 0 Å². The summed E-state index contributed by atoms with van der Waals surface area (Å²) in [6.07, 6.45) is -2.41. The number of carboxylic acid groups (broad SMARTS) is 2. The lowest BCUT2D eigenvalue weighted by atomic mass is 9.91. The molecule has 0 rings (SSSR count). The fraction of sp³-hybridized carbons (Fsp3) is 0.714. The summed E-state index contributed by atoms with van der Waals surface area (Å²) in [4.78, 5) is 20.9. The molecule has 0 aliphatic carbocycles. The van der Waals surface area contributed by atoms with E-state index in [0.29, 0.717) is 5.33 Å². The van der Waals surface area contributed by atoms with Gasteiger partial charge in [-0.2, -0.15) is 0 Å². The Bertz CT molecular complexity index is 230. The molecule has 0 aromatic carbocycles. The number of rotatable bonds is 6. The van der Waals surface area contributed by atoms with Gasteiger partial charge in [0.2, 0.25) is 0 Å². The molecule has 0 fully saturated rings. The highest BCUT2D eigenvalue weighted by Gasteiger charge is 2.47. The molecule has 0 amide bonds. The molecule has 0 aliphatic rings. The van der Waals surface area contributed by atoms with E-state index in [1.54, 1.807) is 0 Å². The van der Waals surface area contributed by atoms with Crippen molar-refractivity contribution in [2.75, 3.05) is 5.33 Å². The summed E-state index contributed by atoms with van der Waals surface area (Å²) in [5.41, 5.74) is -2.63. The van der Waals surface area contributed by atoms with Crippen LogP contribution in [-0.4, -0.2) is 49.4 Å². The van der Waals surface area contributed by atoms with Crippen molar-refractivity contribution in [3.05, 3.63) is 0 Å². The van der Waals surface area contributed by atoms with Crippen molar-refractivity contribution in [1.29, 1.82) is 0 Å². The lowest BCUT2D eigenvalue weighted by Crippen LogP contribution is -2.53. The minimum atomic E-state index is -2.63. The first-order valence-electron chi connectivity index (χ1n) is 3.79. The molecule has 0 heterocycles. The zero-order chi connectivity index (χ0) is 11.4. The van der Waals surface area contributed by atoms with Gasteiger partial charge in [-0.15, -0.1) is 0 Å². The molecule has 0 aliphatic heterocycles. The van der Waals surface area contributed by atoms with E-state index < -0.39 is 23.6 Å². The highest BCUT2D eigenvalue weighted by molar-refractivity contribution is 9.09. The van der Waals surface area contributed by atoms with E-state index in [9.17, 15) is 14.7 Å². The van der Waals surface area contributed by atoms with E-state index >= 15 is 0 Å².